The number of rotatable bonds is 16. The highest BCUT2D eigenvalue weighted by Crippen LogP contribution is 2.42. The zero-order valence-corrected chi connectivity index (χ0v) is 22.2. The molecule has 1 aliphatic rings. The quantitative estimate of drug-likeness (QED) is 0.169. The van der Waals surface area contributed by atoms with Crippen LogP contribution in [0.15, 0.2) is 24.3 Å². The van der Waals surface area contributed by atoms with E-state index in [1.807, 2.05) is 6.08 Å². The summed E-state index contributed by atoms with van der Waals surface area (Å²) in [7, 11) is 4.35. The lowest BCUT2D eigenvalue weighted by atomic mass is 9.98. The first kappa shape index (κ1) is 29.9. The lowest BCUT2D eigenvalue weighted by Crippen LogP contribution is -2.46. The van der Waals surface area contributed by atoms with Gasteiger partial charge in [-0.25, -0.2) is 0 Å². The van der Waals surface area contributed by atoms with Crippen molar-refractivity contribution < 1.29 is 38.7 Å². The first-order chi connectivity index (χ1) is 17.4. The summed E-state index contributed by atoms with van der Waals surface area (Å²) in [6, 6.07) is 3.33. The van der Waals surface area contributed by atoms with E-state index in [4.69, 9.17) is 18.9 Å². The summed E-state index contributed by atoms with van der Waals surface area (Å²) >= 11 is 0. The Hall–Kier alpha value is -2.29. The average Bonchev–Trinajstić information content (AvgIpc) is 2.89. The van der Waals surface area contributed by atoms with Crippen molar-refractivity contribution in [2.75, 3.05) is 21.3 Å². The maximum absolute atomic E-state index is 11.2. The van der Waals surface area contributed by atoms with Gasteiger partial charge in [-0.05, 0) is 37.8 Å². The Labute approximate surface area is 215 Å². The molecule has 0 unspecified atom stereocenters. The number of hydrogen-bond acceptors (Lipinski definition) is 8. The molecule has 1 fully saturated rings. The van der Waals surface area contributed by atoms with Crippen LogP contribution in [0.4, 0.5) is 0 Å². The van der Waals surface area contributed by atoms with Crippen LogP contribution in [0.1, 0.15) is 89.4 Å². The number of phenols is 1. The second-order valence-electron chi connectivity index (χ2n) is 9.18. The van der Waals surface area contributed by atoms with Crippen LogP contribution < -0.4 is 9.47 Å². The Morgan fingerprint density at radius 3 is 2.28 bits per heavy atom. The number of allylic oxidation sites excluding steroid dienone is 1. The number of unbranched alkanes of at least 4 members (excludes halogenated alkanes) is 7. The topological polar surface area (TPSA) is 104 Å². The maximum atomic E-state index is 11.2. The number of carbonyl (C=O) groups excluding carboxylic acids is 1. The number of carbonyl (C=O) groups is 1. The molecule has 2 rings (SSSR count). The number of aliphatic hydroxyl groups is 1. The van der Waals surface area contributed by atoms with Gasteiger partial charge >= 0.3 is 5.97 Å². The molecule has 8 nitrogen and oxygen atoms in total. The smallest absolute Gasteiger partial charge is 0.305 e. The van der Waals surface area contributed by atoms with Crippen molar-refractivity contribution in [3.63, 3.8) is 0 Å². The number of aromatic hydroxyl groups is 1. The van der Waals surface area contributed by atoms with E-state index in [1.54, 1.807) is 12.1 Å². The minimum atomic E-state index is -0.788. The number of aliphatic hydroxyl groups excluding tert-OH is 1. The fourth-order valence-electron chi connectivity index (χ4n) is 4.30. The molecule has 1 aromatic carbocycles. The van der Waals surface area contributed by atoms with E-state index in [0.717, 1.165) is 51.4 Å². The molecule has 8 heteroatoms. The molecule has 1 saturated heterocycles. The molecule has 204 valence electrons. The highest BCUT2D eigenvalue weighted by molar-refractivity contribution is 5.68. The van der Waals surface area contributed by atoms with Gasteiger partial charge in [0.1, 0.15) is 12.2 Å². The van der Waals surface area contributed by atoms with E-state index in [0.29, 0.717) is 18.4 Å². The van der Waals surface area contributed by atoms with E-state index in [2.05, 4.69) is 17.7 Å². The highest BCUT2D eigenvalue weighted by atomic mass is 16.7. The van der Waals surface area contributed by atoms with Gasteiger partial charge in [0.2, 0.25) is 5.75 Å². The van der Waals surface area contributed by atoms with Crippen molar-refractivity contribution in [1.29, 1.82) is 0 Å². The van der Waals surface area contributed by atoms with Crippen molar-refractivity contribution in [3.8, 4) is 17.2 Å². The molecular formula is C28H44O8. The van der Waals surface area contributed by atoms with Crippen molar-refractivity contribution in [2.45, 2.75) is 102 Å². The Balaban J connectivity index is 2.06. The molecule has 0 aromatic heterocycles. The summed E-state index contributed by atoms with van der Waals surface area (Å²) in [6.45, 7) is 2.17. The molecule has 36 heavy (non-hydrogen) atoms. The minimum absolute atomic E-state index is 0.0873. The molecule has 0 spiro atoms. The fraction of sp³-hybridized carbons (Fsp3) is 0.679. The number of hydrogen-bond donors (Lipinski definition) is 2. The Morgan fingerprint density at radius 2 is 1.64 bits per heavy atom. The largest absolute Gasteiger partial charge is 0.502 e. The molecule has 1 aromatic rings. The predicted octanol–water partition coefficient (Wildman–Crippen LogP) is 5.59. The van der Waals surface area contributed by atoms with E-state index >= 15 is 0 Å². The van der Waals surface area contributed by atoms with Crippen LogP contribution in [-0.2, 0) is 19.0 Å². The zero-order valence-electron chi connectivity index (χ0n) is 22.2. The van der Waals surface area contributed by atoms with E-state index in [1.165, 1.54) is 27.8 Å². The van der Waals surface area contributed by atoms with Crippen LogP contribution >= 0.6 is 0 Å². The zero-order chi connectivity index (χ0) is 26.3. The molecule has 0 bridgehead atoms. The molecule has 1 heterocycles. The highest BCUT2D eigenvalue weighted by Gasteiger charge is 2.38. The van der Waals surface area contributed by atoms with Crippen LogP contribution in [0, 0.1) is 0 Å². The van der Waals surface area contributed by atoms with E-state index in [9.17, 15) is 15.0 Å². The molecule has 0 radical (unpaired) electrons. The lowest BCUT2D eigenvalue weighted by molar-refractivity contribution is -0.278. The summed E-state index contributed by atoms with van der Waals surface area (Å²) in [5, 5.41) is 21.3. The van der Waals surface area contributed by atoms with E-state index < -0.39 is 24.6 Å². The second-order valence-corrected chi connectivity index (χ2v) is 9.18. The Bertz CT molecular complexity index is 784. The van der Waals surface area contributed by atoms with Crippen LogP contribution in [0.3, 0.4) is 0 Å². The molecule has 2 N–H and O–H groups in total. The van der Waals surface area contributed by atoms with Gasteiger partial charge in [0.05, 0.1) is 27.4 Å². The summed E-state index contributed by atoms with van der Waals surface area (Å²) in [5.41, 5.74) is 0.644. The van der Waals surface area contributed by atoms with Crippen LogP contribution in [0.25, 0.3) is 0 Å². The SMILES string of the molecule is CCCCC/C=C\[C@H]1O[C@@H](c2cc(OC)c(O)c(OC)c2)O[C@@H](CCCCCCCC(=O)OC)[C@@H]1O. The molecular weight excluding hydrogens is 464 g/mol. The van der Waals surface area contributed by atoms with Gasteiger partial charge in [0, 0.05) is 12.0 Å². The first-order valence-electron chi connectivity index (χ1n) is 13.1. The molecule has 4 atom stereocenters. The third-order valence-electron chi connectivity index (χ3n) is 6.47. The van der Waals surface area contributed by atoms with Crippen molar-refractivity contribution >= 4 is 5.97 Å². The maximum Gasteiger partial charge on any atom is 0.305 e. The number of phenolic OH excluding ortho intramolecular Hbond substituents is 1. The van der Waals surface area contributed by atoms with Gasteiger partial charge in [0.15, 0.2) is 17.8 Å². The fourth-order valence-corrected chi connectivity index (χ4v) is 4.30. The van der Waals surface area contributed by atoms with Gasteiger partial charge < -0.3 is 33.9 Å². The molecule has 0 saturated carbocycles. The molecule has 0 amide bonds. The normalized spacial score (nSPS) is 22.0. The standard InChI is InChI=1S/C28H44O8/c1-5-6-7-9-12-15-21-26(30)22(16-13-10-8-11-14-17-25(29)34-4)36-28(35-21)20-18-23(32-2)27(31)24(19-20)33-3/h12,15,18-19,21-22,26,28,30-31H,5-11,13-14,16-17H2,1-4H3/b15-12-/t21-,22+,26-,28-/m1/s1. The van der Waals surface area contributed by atoms with Crippen LogP contribution in [0.5, 0.6) is 17.2 Å². The van der Waals surface area contributed by atoms with Crippen molar-refractivity contribution in [2.24, 2.45) is 0 Å². The van der Waals surface area contributed by atoms with Gasteiger partial charge in [0.25, 0.3) is 0 Å². The monoisotopic (exact) mass is 508 g/mol. The summed E-state index contributed by atoms with van der Waals surface area (Å²) in [5.74, 6) is 0.266. The summed E-state index contributed by atoms with van der Waals surface area (Å²) < 4.78 is 27.6. The number of methoxy groups -OCH3 is 3. The van der Waals surface area contributed by atoms with Crippen molar-refractivity contribution in [1.82, 2.24) is 0 Å². The summed E-state index contributed by atoms with van der Waals surface area (Å²) in [4.78, 5) is 11.2. The Kier molecular flexibility index (Phi) is 13.7. The van der Waals surface area contributed by atoms with Crippen LogP contribution in [0.2, 0.25) is 0 Å². The van der Waals surface area contributed by atoms with Gasteiger partial charge in [-0.15, -0.1) is 0 Å². The van der Waals surface area contributed by atoms with Crippen LogP contribution in [-0.4, -0.2) is 55.8 Å². The van der Waals surface area contributed by atoms with Gasteiger partial charge in [-0.2, -0.15) is 0 Å². The molecule has 1 aliphatic heterocycles. The number of esters is 1. The Morgan fingerprint density at radius 1 is 0.972 bits per heavy atom. The third-order valence-corrected chi connectivity index (χ3v) is 6.47. The first-order valence-corrected chi connectivity index (χ1v) is 13.1. The lowest BCUT2D eigenvalue weighted by Gasteiger charge is -2.39. The van der Waals surface area contributed by atoms with Gasteiger partial charge in [-0.1, -0.05) is 57.6 Å². The minimum Gasteiger partial charge on any atom is -0.502 e. The average molecular weight is 509 g/mol. The third kappa shape index (κ3) is 9.30. The molecule has 0 aliphatic carbocycles. The van der Waals surface area contributed by atoms with Crippen molar-refractivity contribution in [3.05, 3.63) is 29.8 Å². The van der Waals surface area contributed by atoms with E-state index in [-0.39, 0.29) is 23.2 Å². The van der Waals surface area contributed by atoms with Gasteiger partial charge in [-0.3, -0.25) is 4.79 Å². The number of ether oxygens (including phenoxy) is 5. The predicted molar refractivity (Wildman–Crippen MR) is 137 cm³/mol. The number of benzene rings is 1. The summed E-state index contributed by atoms with van der Waals surface area (Å²) in [6.07, 6.45) is 11.7. The second kappa shape index (κ2) is 16.5.